The lowest BCUT2D eigenvalue weighted by atomic mass is 9.67. The van der Waals surface area contributed by atoms with Gasteiger partial charge in [-0.15, -0.1) is 0 Å². The van der Waals surface area contributed by atoms with Crippen LogP contribution in [0.5, 0.6) is 0 Å². The molecule has 1 aliphatic carbocycles. The zero-order chi connectivity index (χ0) is 29.4. The Kier molecular flexibility index (Phi) is 10.6. The third-order valence-electron chi connectivity index (χ3n) is 7.91. The lowest BCUT2D eigenvalue weighted by Gasteiger charge is -2.51. The summed E-state index contributed by atoms with van der Waals surface area (Å²) in [5.74, 6) is -1.24. The maximum Gasteiger partial charge on any atom is 0.408 e. The number of carbonyl (C=O) groups is 1. The van der Waals surface area contributed by atoms with Gasteiger partial charge in [-0.3, -0.25) is 0 Å². The van der Waals surface area contributed by atoms with E-state index in [0.29, 0.717) is 6.42 Å². The molecule has 0 aromatic heterocycles. The topological polar surface area (TPSA) is 234 Å². The summed E-state index contributed by atoms with van der Waals surface area (Å²) >= 11 is 0. The Labute approximate surface area is 228 Å². The van der Waals surface area contributed by atoms with Crippen LogP contribution in [-0.2, 0) is 18.9 Å². The molecule has 0 spiro atoms. The Hall–Kier alpha value is -1.17. The second-order valence-corrected chi connectivity index (χ2v) is 12.1. The van der Waals surface area contributed by atoms with Crippen LogP contribution in [-0.4, -0.2) is 134 Å². The van der Waals surface area contributed by atoms with Crippen LogP contribution in [0.1, 0.15) is 41.0 Å². The van der Waals surface area contributed by atoms with Crippen molar-refractivity contribution in [1.29, 1.82) is 0 Å². The first-order valence-corrected chi connectivity index (χ1v) is 13.5. The molecule has 15 atom stereocenters. The van der Waals surface area contributed by atoms with Crippen molar-refractivity contribution in [3.8, 4) is 0 Å². The summed E-state index contributed by atoms with van der Waals surface area (Å²) in [6, 6.07) is -1.33. The number of alkyl carbamates (subject to hydrolysis) is 1. The highest BCUT2D eigenvalue weighted by atomic mass is 16.7. The molecular weight excluding hydrogens is 520 g/mol. The number of rotatable bonds is 6. The zero-order valence-corrected chi connectivity index (χ0v) is 23.0. The molecule has 14 heteroatoms. The molecule has 2 heterocycles. The van der Waals surface area contributed by atoms with E-state index in [-0.39, 0.29) is 18.4 Å². The molecule has 1 amide bonds. The molecule has 15 unspecified atom stereocenters. The molecule has 3 fully saturated rings. The van der Waals surface area contributed by atoms with Crippen molar-refractivity contribution < 1.29 is 59.5 Å². The van der Waals surface area contributed by atoms with E-state index >= 15 is 0 Å². The molecular formula is C25H46N2O12. The van der Waals surface area contributed by atoms with Crippen LogP contribution >= 0.6 is 0 Å². The van der Waals surface area contributed by atoms with Crippen LogP contribution in [0.4, 0.5) is 4.79 Å². The molecule has 1 saturated carbocycles. The third-order valence-corrected chi connectivity index (χ3v) is 7.91. The molecule has 2 aliphatic heterocycles. The summed E-state index contributed by atoms with van der Waals surface area (Å²) in [7, 11) is 0. The Balaban J connectivity index is 1.80. The van der Waals surface area contributed by atoms with Crippen LogP contribution < -0.4 is 11.1 Å². The van der Waals surface area contributed by atoms with Crippen LogP contribution in [0, 0.1) is 17.8 Å². The zero-order valence-electron chi connectivity index (χ0n) is 23.0. The van der Waals surface area contributed by atoms with Crippen LogP contribution in [0.15, 0.2) is 0 Å². The van der Waals surface area contributed by atoms with Gasteiger partial charge in [0.2, 0.25) is 0 Å². The van der Waals surface area contributed by atoms with Crippen LogP contribution in [0.25, 0.3) is 0 Å². The van der Waals surface area contributed by atoms with E-state index in [9.17, 15) is 40.5 Å². The van der Waals surface area contributed by atoms with Gasteiger partial charge in [0.25, 0.3) is 0 Å². The van der Waals surface area contributed by atoms with Gasteiger partial charge in [0.1, 0.15) is 42.2 Å². The van der Waals surface area contributed by atoms with E-state index in [1.807, 2.05) is 13.8 Å². The summed E-state index contributed by atoms with van der Waals surface area (Å²) < 4.78 is 22.7. The summed E-state index contributed by atoms with van der Waals surface area (Å²) in [5.41, 5.74) is 4.84. The van der Waals surface area contributed by atoms with Crippen molar-refractivity contribution >= 4 is 6.09 Å². The Morgan fingerprint density at radius 1 is 0.897 bits per heavy atom. The first kappa shape index (κ1) is 32.3. The van der Waals surface area contributed by atoms with Crippen LogP contribution in [0.2, 0.25) is 0 Å². The fourth-order valence-electron chi connectivity index (χ4n) is 5.96. The van der Waals surface area contributed by atoms with Gasteiger partial charge in [-0.1, -0.05) is 13.8 Å². The summed E-state index contributed by atoms with van der Waals surface area (Å²) in [5, 5.41) is 76.6. The van der Waals surface area contributed by atoms with Gasteiger partial charge < -0.3 is 65.7 Å². The number of hydrogen-bond donors (Lipinski definition) is 9. The fraction of sp³-hybridized carbons (Fsp3) is 0.960. The number of hydrogen-bond acceptors (Lipinski definition) is 13. The maximum absolute atomic E-state index is 12.4. The predicted molar refractivity (Wildman–Crippen MR) is 134 cm³/mol. The highest BCUT2D eigenvalue weighted by Crippen LogP contribution is 2.42. The normalized spacial score (nSPS) is 47.5. The lowest BCUT2D eigenvalue weighted by Crippen LogP contribution is -2.67. The van der Waals surface area contributed by atoms with Crippen LogP contribution in [0.3, 0.4) is 0 Å². The number of aliphatic hydroxyl groups excluding tert-OH is 7. The molecule has 3 rings (SSSR count). The van der Waals surface area contributed by atoms with Crippen molar-refractivity contribution in [3.05, 3.63) is 0 Å². The molecule has 2 saturated heterocycles. The van der Waals surface area contributed by atoms with E-state index in [2.05, 4.69) is 5.32 Å². The van der Waals surface area contributed by atoms with Gasteiger partial charge in [0.15, 0.2) is 6.29 Å². The highest BCUT2D eigenvalue weighted by Gasteiger charge is 2.54. The molecule has 14 nitrogen and oxygen atoms in total. The predicted octanol–water partition coefficient (Wildman–Crippen LogP) is -2.83. The van der Waals surface area contributed by atoms with Gasteiger partial charge in [-0.25, -0.2) is 4.79 Å². The number of aliphatic hydroxyl groups is 7. The minimum absolute atomic E-state index is 0.117. The summed E-state index contributed by atoms with van der Waals surface area (Å²) in [6.45, 7) is 7.87. The molecule has 0 aromatic rings. The van der Waals surface area contributed by atoms with Gasteiger partial charge >= 0.3 is 6.09 Å². The Bertz CT molecular complexity index is 812. The molecule has 39 heavy (non-hydrogen) atoms. The summed E-state index contributed by atoms with van der Waals surface area (Å²) in [6.07, 6.45) is -14.9. The molecule has 228 valence electrons. The Morgan fingerprint density at radius 3 is 2.10 bits per heavy atom. The van der Waals surface area contributed by atoms with Crippen molar-refractivity contribution in [1.82, 2.24) is 5.32 Å². The standard InChI is InChI=1S/C25H46N2O12/c1-9-6-10(2)21(17(31)13(9)22-20(34)19(33)16(30)11(7-26)36-22)38-23-18(32)14(15(29)12(8-28)37-23)27-24(35)39-25(3,4)5/h9-23,28-34H,6-8,26H2,1-5H3,(H,27,35). The van der Waals surface area contributed by atoms with Crippen molar-refractivity contribution in [2.45, 2.75) is 120 Å². The smallest absolute Gasteiger partial charge is 0.408 e. The SMILES string of the molecule is CC1CC(C)C(C2OC(CN)C(O)C(O)C2O)C(O)C1OC1OC(CO)C(O)C(NC(=O)OC(C)(C)C)C1O. The van der Waals surface area contributed by atoms with Gasteiger partial charge in [-0.2, -0.15) is 0 Å². The number of nitrogens with one attached hydrogen (secondary N) is 1. The van der Waals surface area contributed by atoms with Gasteiger partial charge in [-0.05, 0) is 39.0 Å². The molecule has 0 aromatic carbocycles. The third kappa shape index (κ3) is 7.01. The Morgan fingerprint density at radius 2 is 1.54 bits per heavy atom. The minimum Gasteiger partial charge on any atom is -0.444 e. The fourth-order valence-corrected chi connectivity index (χ4v) is 5.96. The minimum atomic E-state index is -1.61. The maximum atomic E-state index is 12.4. The first-order chi connectivity index (χ1) is 18.1. The largest absolute Gasteiger partial charge is 0.444 e. The average Bonchev–Trinajstić information content (AvgIpc) is 2.84. The van der Waals surface area contributed by atoms with Crippen molar-refractivity contribution in [3.63, 3.8) is 0 Å². The van der Waals surface area contributed by atoms with E-state index in [1.54, 1.807) is 20.8 Å². The number of ether oxygens (including phenoxy) is 4. The molecule has 0 radical (unpaired) electrons. The van der Waals surface area contributed by atoms with Gasteiger partial charge in [0, 0.05) is 12.5 Å². The average molecular weight is 567 g/mol. The van der Waals surface area contributed by atoms with E-state index in [4.69, 9.17) is 24.7 Å². The first-order valence-electron chi connectivity index (χ1n) is 13.5. The highest BCUT2D eigenvalue weighted by molar-refractivity contribution is 5.68. The van der Waals surface area contributed by atoms with Crippen molar-refractivity contribution in [2.75, 3.05) is 13.2 Å². The van der Waals surface area contributed by atoms with Crippen molar-refractivity contribution in [2.24, 2.45) is 23.5 Å². The van der Waals surface area contributed by atoms with Gasteiger partial charge in [0.05, 0.1) is 37.1 Å². The number of carbonyl (C=O) groups excluding carboxylic acids is 1. The quantitative estimate of drug-likeness (QED) is 0.158. The number of nitrogens with two attached hydrogens (primary N) is 1. The second kappa shape index (κ2) is 12.8. The lowest BCUT2D eigenvalue weighted by molar-refractivity contribution is -0.316. The monoisotopic (exact) mass is 566 g/mol. The second-order valence-electron chi connectivity index (χ2n) is 12.1. The molecule has 0 bridgehead atoms. The van der Waals surface area contributed by atoms with E-state index in [1.165, 1.54) is 0 Å². The molecule has 3 aliphatic rings. The number of amides is 1. The molecule has 10 N–H and O–H groups in total. The summed E-state index contributed by atoms with van der Waals surface area (Å²) in [4.78, 5) is 12.4. The van der Waals surface area contributed by atoms with E-state index in [0.717, 1.165) is 0 Å². The van der Waals surface area contributed by atoms with E-state index < -0.39 is 97.6 Å².